The van der Waals surface area contributed by atoms with Gasteiger partial charge in [-0.05, 0) is 73.0 Å². The van der Waals surface area contributed by atoms with Crippen molar-refractivity contribution in [3.8, 4) is 0 Å². The summed E-state index contributed by atoms with van der Waals surface area (Å²) < 4.78 is 0. The van der Waals surface area contributed by atoms with Crippen LogP contribution in [-0.4, -0.2) is 28.1 Å². The first-order valence-electron chi connectivity index (χ1n) is 9.33. The number of carbonyl (C=O) groups excluding carboxylic acids is 1. The second kappa shape index (κ2) is 5.41. The number of carboxylic acids is 1. The number of fused-ring (bicyclic) bond motifs is 5. The maximum absolute atomic E-state index is 11.8. The predicted molar refractivity (Wildman–Crippen MR) is 93.7 cm³/mol. The first kappa shape index (κ1) is 16.8. The van der Waals surface area contributed by atoms with Crippen molar-refractivity contribution in [2.24, 2.45) is 28.6 Å². The van der Waals surface area contributed by atoms with Crippen LogP contribution in [0.4, 0.5) is 0 Å². The Balaban J connectivity index is 1.66. The zero-order valence-corrected chi connectivity index (χ0v) is 14.9. The summed E-state index contributed by atoms with van der Waals surface area (Å²) in [6.07, 6.45) is 11.0. The molecule has 4 nitrogen and oxygen atoms in total. The average Bonchev–Trinajstić information content (AvgIpc) is 2.92. The van der Waals surface area contributed by atoms with E-state index in [4.69, 9.17) is 0 Å². The Labute approximate surface area is 148 Å². The zero-order valence-electron chi connectivity index (χ0n) is 14.9. The third-order valence-electron chi connectivity index (χ3n) is 7.73. The van der Waals surface area contributed by atoms with Crippen LogP contribution >= 0.6 is 0 Å². The average molecular weight is 342 g/mol. The van der Waals surface area contributed by atoms with E-state index < -0.39 is 12.1 Å². The minimum atomic E-state index is -1.38. The van der Waals surface area contributed by atoms with Crippen LogP contribution in [0.5, 0.6) is 0 Å². The summed E-state index contributed by atoms with van der Waals surface area (Å²) in [5, 5.41) is 19.4. The Hall–Kier alpha value is -1.68. The second-order valence-electron chi connectivity index (χ2n) is 8.70. The molecule has 0 aromatic rings. The van der Waals surface area contributed by atoms with E-state index in [2.05, 4.69) is 19.9 Å². The highest BCUT2D eigenvalue weighted by Gasteiger charge is 2.57. The number of aliphatic carboxylic acids is 1. The molecule has 0 aromatic carbocycles. The van der Waals surface area contributed by atoms with Gasteiger partial charge in [-0.3, -0.25) is 4.79 Å². The largest absolute Gasteiger partial charge is 0.479 e. The van der Waals surface area contributed by atoms with Crippen molar-refractivity contribution in [2.75, 3.05) is 0 Å². The number of ketones is 1. The molecule has 0 radical (unpaired) electrons. The molecule has 4 aliphatic rings. The number of carbonyl (C=O) groups is 2. The quantitative estimate of drug-likeness (QED) is 0.755. The molecule has 0 amide bonds. The summed E-state index contributed by atoms with van der Waals surface area (Å²) in [5.74, 6) is 0.337. The van der Waals surface area contributed by atoms with E-state index in [1.807, 2.05) is 12.2 Å². The topological polar surface area (TPSA) is 74.6 Å². The lowest BCUT2D eigenvalue weighted by Crippen LogP contribution is -2.50. The normalized spacial score (nSPS) is 43.5. The summed E-state index contributed by atoms with van der Waals surface area (Å²) in [6.45, 7) is 4.41. The molecule has 0 bridgehead atoms. The highest BCUT2D eigenvalue weighted by atomic mass is 16.4. The molecule has 0 aromatic heterocycles. The van der Waals surface area contributed by atoms with Crippen LogP contribution in [0.15, 0.2) is 35.5 Å². The lowest BCUT2D eigenvalue weighted by molar-refractivity contribution is -0.145. The molecule has 0 saturated heterocycles. The highest BCUT2D eigenvalue weighted by molar-refractivity contribution is 6.01. The van der Waals surface area contributed by atoms with Crippen LogP contribution < -0.4 is 0 Å². The van der Waals surface area contributed by atoms with Crippen molar-refractivity contribution in [3.63, 3.8) is 0 Å². The summed E-state index contributed by atoms with van der Waals surface area (Å²) >= 11 is 0. The van der Waals surface area contributed by atoms with E-state index in [-0.39, 0.29) is 16.6 Å². The molecule has 0 aliphatic heterocycles. The zero-order chi connectivity index (χ0) is 18.0. The highest BCUT2D eigenvalue weighted by Crippen LogP contribution is 2.64. The maximum atomic E-state index is 11.8. The minimum Gasteiger partial charge on any atom is -0.479 e. The van der Waals surface area contributed by atoms with Gasteiger partial charge in [-0.25, -0.2) is 4.79 Å². The van der Waals surface area contributed by atoms with Gasteiger partial charge in [0.2, 0.25) is 0 Å². The number of aliphatic hydroxyl groups excluding tert-OH is 1. The van der Waals surface area contributed by atoms with Gasteiger partial charge in [-0.15, -0.1) is 0 Å². The Kier molecular flexibility index (Phi) is 3.63. The molecule has 25 heavy (non-hydrogen) atoms. The number of carboxylic acid groups (broad SMARTS) is 1. The molecule has 0 spiro atoms. The summed E-state index contributed by atoms with van der Waals surface area (Å²) in [4.78, 5) is 23.1. The van der Waals surface area contributed by atoms with Crippen molar-refractivity contribution in [3.05, 3.63) is 35.5 Å². The lowest BCUT2D eigenvalue weighted by atomic mass is 9.47. The standard InChI is InChI=1S/C21H26O4/c1-20-9-7-13(22)11-12(20)3-4-14-15-5-6-17(18(23)19(24)25)21(15,2)10-8-16(14)20/h6-7,9,11,14-16,18,23H,3-5,8,10H2,1-2H3,(H,24,25)/t14-,15-,16-,18?,20-,21-/m0/s1. The van der Waals surface area contributed by atoms with Crippen LogP contribution in [0.1, 0.15) is 46.0 Å². The van der Waals surface area contributed by atoms with Crippen LogP contribution in [-0.2, 0) is 9.59 Å². The summed E-state index contributed by atoms with van der Waals surface area (Å²) in [6, 6.07) is 0. The van der Waals surface area contributed by atoms with Crippen LogP contribution in [0, 0.1) is 28.6 Å². The second-order valence-corrected chi connectivity index (χ2v) is 8.70. The number of hydrogen-bond acceptors (Lipinski definition) is 3. The van der Waals surface area contributed by atoms with Gasteiger partial charge in [0.05, 0.1) is 0 Å². The maximum Gasteiger partial charge on any atom is 0.336 e. The van der Waals surface area contributed by atoms with Crippen molar-refractivity contribution >= 4 is 11.8 Å². The summed E-state index contributed by atoms with van der Waals surface area (Å²) in [7, 11) is 0. The molecule has 0 heterocycles. The third-order valence-corrected chi connectivity index (χ3v) is 7.73. The van der Waals surface area contributed by atoms with Gasteiger partial charge in [0, 0.05) is 5.41 Å². The predicted octanol–water partition coefficient (Wildman–Crippen LogP) is 3.28. The number of aliphatic hydroxyl groups is 1. The van der Waals surface area contributed by atoms with Crippen LogP contribution in [0.2, 0.25) is 0 Å². The molecular weight excluding hydrogens is 316 g/mol. The fourth-order valence-electron chi connectivity index (χ4n) is 6.36. The van der Waals surface area contributed by atoms with Crippen molar-refractivity contribution in [1.82, 2.24) is 0 Å². The SMILES string of the molecule is C[C@]12C=CC(=O)C=C1CC[C@@H]1[C@@H]2CC[C@]2(C)C(C(O)C(=O)O)=CC[C@@H]12. The smallest absolute Gasteiger partial charge is 0.336 e. The monoisotopic (exact) mass is 342 g/mol. The van der Waals surface area contributed by atoms with Gasteiger partial charge in [-0.2, -0.15) is 0 Å². The molecule has 4 rings (SSSR count). The first-order valence-corrected chi connectivity index (χ1v) is 9.33. The van der Waals surface area contributed by atoms with Gasteiger partial charge >= 0.3 is 5.97 Å². The van der Waals surface area contributed by atoms with E-state index in [1.165, 1.54) is 5.57 Å². The molecule has 4 heteroatoms. The lowest BCUT2D eigenvalue weighted by Gasteiger charge is -2.56. The van der Waals surface area contributed by atoms with Gasteiger partial charge in [0.15, 0.2) is 11.9 Å². The fraction of sp³-hybridized carbons (Fsp3) is 0.619. The van der Waals surface area contributed by atoms with Crippen LogP contribution in [0.25, 0.3) is 0 Å². The van der Waals surface area contributed by atoms with Crippen LogP contribution in [0.3, 0.4) is 0 Å². The van der Waals surface area contributed by atoms with Gasteiger partial charge in [0.1, 0.15) is 0 Å². The van der Waals surface area contributed by atoms with Gasteiger partial charge in [-0.1, -0.05) is 31.6 Å². The van der Waals surface area contributed by atoms with E-state index >= 15 is 0 Å². The van der Waals surface area contributed by atoms with Crippen molar-refractivity contribution < 1.29 is 19.8 Å². The molecule has 2 N–H and O–H groups in total. The molecule has 6 atom stereocenters. The summed E-state index contributed by atoms with van der Waals surface area (Å²) in [5.41, 5.74) is 1.71. The van der Waals surface area contributed by atoms with E-state index in [9.17, 15) is 19.8 Å². The first-order chi connectivity index (χ1) is 11.8. The molecular formula is C21H26O4. The fourth-order valence-corrected chi connectivity index (χ4v) is 6.36. The van der Waals surface area contributed by atoms with Crippen molar-refractivity contribution in [2.45, 2.75) is 52.1 Å². The van der Waals surface area contributed by atoms with E-state index in [0.717, 1.165) is 32.1 Å². The molecule has 134 valence electrons. The van der Waals surface area contributed by atoms with E-state index in [0.29, 0.717) is 23.3 Å². The minimum absolute atomic E-state index is 0.0493. The Morgan fingerprint density at radius 2 is 2.04 bits per heavy atom. The number of rotatable bonds is 2. The van der Waals surface area contributed by atoms with Crippen molar-refractivity contribution in [1.29, 1.82) is 0 Å². The molecule has 2 saturated carbocycles. The third kappa shape index (κ3) is 2.23. The van der Waals surface area contributed by atoms with Gasteiger partial charge in [0.25, 0.3) is 0 Å². The Bertz CT molecular complexity index is 730. The molecule has 2 fully saturated rings. The Morgan fingerprint density at radius 1 is 1.28 bits per heavy atom. The molecule has 4 aliphatic carbocycles. The Morgan fingerprint density at radius 3 is 2.76 bits per heavy atom. The van der Waals surface area contributed by atoms with E-state index in [1.54, 1.807) is 6.08 Å². The molecule has 1 unspecified atom stereocenters. The number of allylic oxidation sites excluding steroid dienone is 5. The number of hydrogen-bond donors (Lipinski definition) is 2. The van der Waals surface area contributed by atoms with Gasteiger partial charge < -0.3 is 10.2 Å².